The van der Waals surface area contributed by atoms with E-state index in [0.717, 1.165) is 6.54 Å². The van der Waals surface area contributed by atoms with Crippen LogP contribution < -0.4 is 17.0 Å². The summed E-state index contributed by atoms with van der Waals surface area (Å²) in [5.74, 6) is 0. The van der Waals surface area contributed by atoms with Gasteiger partial charge in [-0.25, -0.2) is 9.13 Å². The number of benzene rings is 1. The smallest absolute Gasteiger partial charge is 0.243 e. The largest absolute Gasteiger partial charge is 1.00 e. The van der Waals surface area contributed by atoms with Crippen molar-refractivity contribution < 1.29 is 17.0 Å². The van der Waals surface area contributed by atoms with E-state index >= 15 is 0 Å². The van der Waals surface area contributed by atoms with Gasteiger partial charge in [0.05, 0.1) is 7.05 Å². The highest BCUT2D eigenvalue weighted by Gasteiger charge is 2.00. The molecule has 0 bridgehead atoms. The first-order chi connectivity index (χ1) is 6.74. The Morgan fingerprint density at radius 2 is 1.87 bits per heavy atom. The van der Waals surface area contributed by atoms with E-state index in [-0.39, 0.29) is 12.4 Å². The minimum absolute atomic E-state index is 0. The molecule has 0 atom stereocenters. The minimum atomic E-state index is 0. The van der Waals surface area contributed by atoms with Crippen LogP contribution in [0.25, 0.3) is 0 Å². The summed E-state index contributed by atoms with van der Waals surface area (Å²) >= 11 is 0. The summed E-state index contributed by atoms with van der Waals surface area (Å²) in [7, 11) is 2.03. The minimum Gasteiger partial charge on any atom is -1.00 e. The number of hydrogen-bond donors (Lipinski definition) is 0. The van der Waals surface area contributed by atoms with Gasteiger partial charge in [-0.3, -0.25) is 0 Å². The molecule has 80 valence electrons. The molecule has 0 spiro atoms. The Balaban J connectivity index is 0.00000112. The molecule has 0 saturated heterocycles. The summed E-state index contributed by atoms with van der Waals surface area (Å²) in [4.78, 5) is 0. The average Bonchev–Trinajstić information content (AvgIpc) is 2.56. The molecule has 3 heteroatoms. The fourth-order valence-corrected chi connectivity index (χ4v) is 1.50. The maximum atomic E-state index is 2.18. The fraction of sp³-hybridized carbons (Fsp3) is 0.250. The van der Waals surface area contributed by atoms with Crippen LogP contribution in [0.3, 0.4) is 0 Å². The SMILES string of the molecule is Cc1ccc(Cn2cc[n+](C)c2)cc1.[Cl-]. The first kappa shape index (κ1) is 11.8. The second kappa shape index (κ2) is 4.99. The molecule has 2 aromatic rings. The zero-order valence-electron chi connectivity index (χ0n) is 9.02. The average molecular weight is 223 g/mol. The third-order valence-corrected chi connectivity index (χ3v) is 2.31. The normalized spacial score (nSPS) is 9.73. The predicted octanol–water partition coefficient (Wildman–Crippen LogP) is -1.33. The molecule has 2 nitrogen and oxygen atoms in total. The number of aryl methyl sites for hydroxylation is 2. The van der Waals surface area contributed by atoms with Crippen LogP contribution in [0.15, 0.2) is 43.0 Å². The van der Waals surface area contributed by atoms with E-state index in [4.69, 9.17) is 0 Å². The molecule has 2 rings (SSSR count). The molecule has 0 unspecified atom stereocenters. The van der Waals surface area contributed by atoms with Gasteiger partial charge in [0.15, 0.2) is 0 Å². The van der Waals surface area contributed by atoms with Crippen LogP contribution >= 0.6 is 0 Å². The van der Waals surface area contributed by atoms with Crippen molar-refractivity contribution in [3.8, 4) is 0 Å². The maximum Gasteiger partial charge on any atom is 0.243 e. The van der Waals surface area contributed by atoms with Crippen molar-refractivity contribution in [3.63, 3.8) is 0 Å². The van der Waals surface area contributed by atoms with Gasteiger partial charge in [-0.2, -0.15) is 0 Å². The van der Waals surface area contributed by atoms with Gasteiger partial charge in [0.25, 0.3) is 0 Å². The van der Waals surface area contributed by atoms with E-state index < -0.39 is 0 Å². The van der Waals surface area contributed by atoms with Crippen LogP contribution in [-0.2, 0) is 13.6 Å². The lowest BCUT2D eigenvalue weighted by Crippen LogP contribution is -3.00. The van der Waals surface area contributed by atoms with Crippen molar-refractivity contribution >= 4 is 0 Å². The van der Waals surface area contributed by atoms with Crippen LogP contribution in [0.4, 0.5) is 0 Å². The number of rotatable bonds is 2. The first-order valence-electron chi connectivity index (χ1n) is 4.80. The zero-order valence-corrected chi connectivity index (χ0v) is 9.78. The van der Waals surface area contributed by atoms with Crippen LogP contribution in [0.5, 0.6) is 0 Å². The standard InChI is InChI=1S/C12H15N2.ClH/c1-11-3-5-12(6-4-11)9-14-8-7-13(2)10-14;/h3-8,10H,9H2,1-2H3;1H/q+1;/p-1. The lowest BCUT2D eigenvalue weighted by Gasteiger charge is -1.98. The van der Waals surface area contributed by atoms with Crippen LogP contribution in [0.1, 0.15) is 11.1 Å². The number of nitrogens with zero attached hydrogens (tertiary/aromatic N) is 2. The molecule has 1 aromatic heterocycles. The summed E-state index contributed by atoms with van der Waals surface area (Å²) in [5.41, 5.74) is 2.65. The Morgan fingerprint density at radius 1 is 1.20 bits per heavy atom. The van der Waals surface area contributed by atoms with Crippen molar-refractivity contribution in [2.24, 2.45) is 7.05 Å². The van der Waals surface area contributed by atoms with E-state index in [0.29, 0.717) is 0 Å². The number of imidazole rings is 1. The van der Waals surface area contributed by atoms with E-state index in [2.05, 4.69) is 48.3 Å². The lowest BCUT2D eigenvalue weighted by molar-refractivity contribution is -0.671. The lowest BCUT2D eigenvalue weighted by atomic mass is 10.1. The highest BCUT2D eigenvalue weighted by Crippen LogP contribution is 2.04. The van der Waals surface area contributed by atoms with E-state index in [1.807, 2.05) is 17.8 Å². The molecule has 1 heterocycles. The summed E-state index contributed by atoms with van der Waals surface area (Å²) in [6, 6.07) is 8.66. The zero-order chi connectivity index (χ0) is 9.97. The molecule has 0 aliphatic carbocycles. The Kier molecular flexibility index (Phi) is 3.92. The topological polar surface area (TPSA) is 8.81 Å². The van der Waals surface area contributed by atoms with Crippen molar-refractivity contribution in [2.45, 2.75) is 13.5 Å². The molecule has 1 aromatic carbocycles. The number of halogens is 1. The predicted molar refractivity (Wildman–Crippen MR) is 55.9 cm³/mol. The Labute approximate surface area is 96.6 Å². The second-order valence-corrected chi connectivity index (χ2v) is 3.74. The summed E-state index contributed by atoms with van der Waals surface area (Å²) in [6.45, 7) is 3.06. The van der Waals surface area contributed by atoms with Crippen molar-refractivity contribution in [2.75, 3.05) is 0 Å². The molecule has 0 saturated carbocycles. The van der Waals surface area contributed by atoms with E-state index in [1.165, 1.54) is 11.1 Å². The third kappa shape index (κ3) is 3.10. The van der Waals surface area contributed by atoms with Crippen molar-refractivity contribution in [1.82, 2.24) is 4.57 Å². The fourth-order valence-electron chi connectivity index (χ4n) is 1.50. The van der Waals surface area contributed by atoms with Gasteiger partial charge >= 0.3 is 0 Å². The second-order valence-electron chi connectivity index (χ2n) is 3.74. The summed E-state index contributed by atoms with van der Waals surface area (Å²) < 4.78 is 4.22. The summed E-state index contributed by atoms with van der Waals surface area (Å²) in [6.07, 6.45) is 6.22. The highest BCUT2D eigenvalue weighted by molar-refractivity contribution is 5.21. The molecule has 0 N–H and O–H groups in total. The van der Waals surface area contributed by atoms with Gasteiger partial charge in [-0.1, -0.05) is 29.8 Å². The van der Waals surface area contributed by atoms with Gasteiger partial charge < -0.3 is 12.4 Å². The molecular weight excluding hydrogens is 208 g/mol. The van der Waals surface area contributed by atoms with Crippen molar-refractivity contribution in [3.05, 3.63) is 54.1 Å². The van der Waals surface area contributed by atoms with Gasteiger partial charge in [-0.15, -0.1) is 0 Å². The molecule has 0 aliphatic rings. The van der Waals surface area contributed by atoms with Gasteiger partial charge in [-0.05, 0) is 12.5 Å². The Morgan fingerprint density at radius 3 is 2.40 bits per heavy atom. The number of aromatic nitrogens is 2. The first-order valence-corrected chi connectivity index (χ1v) is 4.80. The van der Waals surface area contributed by atoms with Crippen LogP contribution in [0, 0.1) is 6.92 Å². The summed E-state index contributed by atoms with van der Waals surface area (Å²) in [5, 5.41) is 0. The Bertz CT molecular complexity index is 417. The van der Waals surface area contributed by atoms with E-state index in [9.17, 15) is 0 Å². The Hall–Kier alpha value is -1.28. The molecular formula is C12H15ClN2. The van der Waals surface area contributed by atoms with E-state index in [1.54, 1.807) is 0 Å². The molecule has 15 heavy (non-hydrogen) atoms. The molecule has 0 radical (unpaired) electrons. The molecule has 0 amide bonds. The quantitative estimate of drug-likeness (QED) is 0.557. The van der Waals surface area contributed by atoms with Gasteiger partial charge in [0.1, 0.15) is 18.9 Å². The van der Waals surface area contributed by atoms with Gasteiger partial charge in [0.2, 0.25) is 6.33 Å². The molecule has 0 aliphatic heterocycles. The van der Waals surface area contributed by atoms with Crippen LogP contribution in [0.2, 0.25) is 0 Å². The molecule has 0 fully saturated rings. The highest BCUT2D eigenvalue weighted by atomic mass is 35.5. The monoisotopic (exact) mass is 222 g/mol. The van der Waals surface area contributed by atoms with Gasteiger partial charge in [0, 0.05) is 0 Å². The van der Waals surface area contributed by atoms with Crippen LogP contribution in [-0.4, -0.2) is 4.57 Å². The maximum absolute atomic E-state index is 2.18. The van der Waals surface area contributed by atoms with Crippen molar-refractivity contribution in [1.29, 1.82) is 0 Å². The number of hydrogen-bond acceptors (Lipinski definition) is 0. The third-order valence-electron chi connectivity index (χ3n) is 2.31.